The first-order valence-corrected chi connectivity index (χ1v) is 13.6. The van der Waals surface area contributed by atoms with Crippen molar-refractivity contribution in [2.75, 3.05) is 34.3 Å². The fraction of sp³-hybridized carbons (Fsp3) is 0.333. The van der Waals surface area contributed by atoms with Crippen molar-refractivity contribution < 1.29 is 42.2 Å². The summed E-state index contributed by atoms with van der Waals surface area (Å²) in [4.78, 5) is 25.6. The van der Waals surface area contributed by atoms with Crippen molar-refractivity contribution in [3.63, 3.8) is 0 Å². The molecular weight excluding hydrogens is 557 g/mol. The molecule has 1 aliphatic rings. The van der Waals surface area contributed by atoms with E-state index in [2.05, 4.69) is 59.3 Å². The Morgan fingerprint density at radius 1 is 0.976 bits per heavy atom. The van der Waals surface area contributed by atoms with Gasteiger partial charge in [-0.15, -0.1) is 0 Å². The molecule has 11 heteroatoms. The van der Waals surface area contributed by atoms with E-state index in [0.29, 0.717) is 30.2 Å². The van der Waals surface area contributed by atoms with Crippen molar-refractivity contribution in [1.82, 2.24) is 4.90 Å². The molecule has 220 valence electrons. The van der Waals surface area contributed by atoms with Gasteiger partial charge in [-0.05, 0) is 78.6 Å². The molecule has 1 aliphatic heterocycles. The van der Waals surface area contributed by atoms with Crippen LogP contribution in [0.15, 0.2) is 64.4 Å². The predicted octanol–water partition coefficient (Wildman–Crippen LogP) is 4.70. The molecule has 1 heterocycles. The molecule has 0 spiro atoms. The second kappa shape index (κ2) is 12.9. The van der Waals surface area contributed by atoms with Crippen LogP contribution in [0.3, 0.4) is 0 Å². The predicted molar refractivity (Wildman–Crippen MR) is 148 cm³/mol. The highest BCUT2D eigenvalue weighted by atomic mass is 32.2. The maximum atomic E-state index is 13.3. The van der Waals surface area contributed by atoms with Crippen LogP contribution in [0.5, 0.6) is 11.5 Å². The van der Waals surface area contributed by atoms with Gasteiger partial charge in [0.2, 0.25) is 0 Å². The Labute approximate surface area is 241 Å². The number of phenolic OH excluding ortho intramolecular Hbond substituents is 1. The third kappa shape index (κ3) is 9.15. The number of benzene rings is 3. The first-order valence-electron chi connectivity index (χ1n) is 12.7. The maximum Gasteiger partial charge on any atom is 0.430 e. The van der Waals surface area contributed by atoms with Crippen molar-refractivity contribution in [2.24, 2.45) is 0 Å². The molecule has 7 nitrogen and oxygen atoms in total. The number of hydrogen-bond acceptors (Lipinski definition) is 6. The molecule has 3 aromatic carbocycles. The average molecular weight is 591 g/mol. The van der Waals surface area contributed by atoms with Crippen molar-refractivity contribution in [3.8, 4) is 11.5 Å². The van der Waals surface area contributed by atoms with Crippen LogP contribution in [0, 0.1) is 13.8 Å². The Bertz CT molecular complexity index is 1420. The molecule has 3 aromatic rings. The highest BCUT2D eigenvalue weighted by Gasteiger charge is 2.29. The highest BCUT2D eigenvalue weighted by Crippen LogP contribution is 2.36. The Morgan fingerprint density at radius 3 is 2.24 bits per heavy atom. The van der Waals surface area contributed by atoms with Crippen molar-refractivity contribution in [3.05, 3.63) is 82.4 Å². The molecule has 0 atom stereocenters. The van der Waals surface area contributed by atoms with Crippen LogP contribution in [-0.2, 0) is 17.9 Å². The largest absolute Gasteiger partial charge is 0.542 e. The molecule has 0 unspecified atom stereocenters. The number of aryl methyl sites for hydroxylation is 2. The molecule has 41 heavy (non-hydrogen) atoms. The standard InChI is InChI=1S/C28H32N2O3S.C2HF3O2/c1-19-6-10-25(14-20(19)2)34-27-16-21(8-11-26(27)31)28(32)29-17-22-7-9-24(15-23(22)18-29)33-13-12-30(3,4)5;3-2(4,5)1(6)7/h6-11,14-16H,12-13,17-18H2,1-5H3;(H,6,7). The summed E-state index contributed by atoms with van der Waals surface area (Å²) < 4.78 is 38.3. The number of quaternary nitrogens is 1. The zero-order valence-corrected chi connectivity index (χ0v) is 24.4. The minimum atomic E-state index is -5.19. The van der Waals surface area contributed by atoms with Crippen LogP contribution >= 0.6 is 11.8 Å². The van der Waals surface area contributed by atoms with Crippen molar-refractivity contribution in [2.45, 2.75) is 42.9 Å². The Balaban J connectivity index is 0.000000587. The van der Waals surface area contributed by atoms with E-state index < -0.39 is 12.1 Å². The zero-order valence-electron chi connectivity index (χ0n) is 23.5. The molecule has 0 saturated carbocycles. The summed E-state index contributed by atoms with van der Waals surface area (Å²) in [5.41, 5.74) is 5.28. The van der Waals surface area contributed by atoms with Crippen molar-refractivity contribution in [1.29, 1.82) is 0 Å². The summed E-state index contributed by atoms with van der Waals surface area (Å²) in [7, 11) is 6.43. The van der Waals surface area contributed by atoms with E-state index in [9.17, 15) is 23.1 Å². The number of fused-ring (bicyclic) bond motifs is 1. The second-order valence-electron chi connectivity index (χ2n) is 10.8. The number of alkyl halides is 3. The van der Waals surface area contributed by atoms with Gasteiger partial charge in [0.25, 0.3) is 5.91 Å². The number of nitrogens with zero attached hydrogens (tertiary/aromatic N) is 2. The SMILES string of the molecule is Cc1ccc(Sc2cc(C(=O)N3Cc4ccc(OCC[N+](C)(C)C)cc4C3)ccc2O)cc1C.O=C([O-])C(F)(F)F. The first kappa shape index (κ1) is 31.8. The smallest absolute Gasteiger partial charge is 0.430 e. The lowest BCUT2D eigenvalue weighted by Crippen LogP contribution is -2.38. The van der Waals surface area contributed by atoms with Crippen LogP contribution in [0.25, 0.3) is 0 Å². The number of likely N-dealkylation sites (N-methyl/N-ethyl adjacent to an activating group) is 1. The Kier molecular flexibility index (Phi) is 9.98. The lowest BCUT2D eigenvalue weighted by Gasteiger charge is -2.23. The van der Waals surface area contributed by atoms with Gasteiger partial charge in [-0.3, -0.25) is 4.79 Å². The third-order valence-corrected chi connectivity index (χ3v) is 7.40. The number of rotatable bonds is 7. The summed E-state index contributed by atoms with van der Waals surface area (Å²) in [5, 5.41) is 19.2. The number of carbonyl (C=O) groups is 2. The fourth-order valence-electron chi connectivity index (χ4n) is 3.86. The summed E-state index contributed by atoms with van der Waals surface area (Å²) >= 11 is 1.47. The lowest BCUT2D eigenvalue weighted by atomic mass is 10.1. The number of hydrogen-bond donors (Lipinski definition) is 1. The lowest BCUT2D eigenvalue weighted by molar-refractivity contribution is -0.870. The van der Waals surface area contributed by atoms with Crippen LogP contribution in [-0.4, -0.2) is 66.8 Å². The molecule has 0 aromatic heterocycles. The van der Waals surface area contributed by atoms with Gasteiger partial charge in [-0.2, -0.15) is 13.2 Å². The van der Waals surface area contributed by atoms with Gasteiger partial charge in [0.1, 0.15) is 30.6 Å². The molecule has 0 radical (unpaired) electrons. The number of phenols is 1. The van der Waals surface area contributed by atoms with E-state index in [1.165, 1.54) is 22.9 Å². The van der Waals surface area contributed by atoms with Crippen LogP contribution in [0.1, 0.15) is 32.6 Å². The van der Waals surface area contributed by atoms with E-state index in [4.69, 9.17) is 14.6 Å². The fourth-order valence-corrected chi connectivity index (χ4v) is 4.84. The number of aliphatic carboxylic acids is 1. The van der Waals surface area contributed by atoms with E-state index in [0.717, 1.165) is 32.8 Å². The molecule has 0 bridgehead atoms. The number of carboxylic acids is 1. The Morgan fingerprint density at radius 2 is 1.63 bits per heavy atom. The number of amides is 1. The minimum Gasteiger partial charge on any atom is -0.542 e. The molecule has 0 fully saturated rings. The van der Waals surface area contributed by atoms with E-state index >= 15 is 0 Å². The normalized spacial score (nSPS) is 12.8. The third-order valence-electron chi connectivity index (χ3n) is 6.36. The van der Waals surface area contributed by atoms with Gasteiger partial charge in [0.05, 0.1) is 26.0 Å². The molecule has 1 amide bonds. The monoisotopic (exact) mass is 590 g/mol. The topological polar surface area (TPSA) is 89.9 Å². The van der Waals surface area contributed by atoms with Gasteiger partial charge in [-0.25, -0.2) is 0 Å². The van der Waals surface area contributed by atoms with Gasteiger partial charge in [0, 0.05) is 23.5 Å². The van der Waals surface area contributed by atoms with E-state index in [-0.39, 0.29) is 11.7 Å². The van der Waals surface area contributed by atoms with Crippen LogP contribution < -0.4 is 9.84 Å². The number of carboxylic acid groups (broad SMARTS) is 1. The Hall–Kier alpha value is -3.70. The van der Waals surface area contributed by atoms with Gasteiger partial charge < -0.3 is 29.1 Å². The zero-order chi connectivity index (χ0) is 30.5. The maximum absolute atomic E-state index is 13.3. The van der Waals surface area contributed by atoms with Crippen LogP contribution in [0.2, 0.25) is 0 Å². The van der Waals surface area contributed by atoms with Crippen molar-refractivity contribution >= 4 is 23.6 Å². The van der Waals surface area contributed by atoms with Crippen LogP contribution in [0.4, 0.5) is 13.2 Å². The van der Waals surface area contributed by atoms with Gasteiger partial charge >= 0.3 is 6.18 Å². The second-order valence-corrected chi connectivity index (χ2v) is 11.9. The molecule has 0 aliphatic carbocycles. The number of aromatic hydroxyl groups is 1. The molecular formula is C30H33F3N2O5S. The number of halogens is 3. The number of ether oxygens (including phenoxy) is 1. The average Bonchev–Trinajstić information content (AvgIpc) is 3.30. The van der Waals surface area contributed by atoms with Gasteiger partial charge in [0.15, 0.2) is 0 Å². The molecule has 4 rings (SSSR count). The quantitative estimate of drug-likeness (QED) is 0.402. The summed E-state index contributed by atoms with van der Waals surface area (Å²) in [6, 6.07) is 17.4. The molecule has 0 saturated heterocycles. The number of carbonyl (C=O) groups excluding carboxylic acids is 2. The summed E-state index contributed by atoms with van der Waals surface area (Å²) in [6.07, 6.45) is -5.19. The highest BCUT2D eigenvalue weighted by molar-refractivity contribution is 7.99. The van der Waals surface area contributed by atoms with E-state index in [1.54, 1.807) is 18.2 Å². The van der Waals surface area contributed by atoms with Gasteiger partial charge in [-0.1, -0.05) is 23.9 Å². The summed E-state index contributed by atoms with van der Waals surface area (Å²) in [6.45, 7) is 6.86. The summed E-state index contributed by atoms with van der Waals surface area (Å²) in [5.74, 6) is -2.02. The minimum absolute atomic E-state index is 0.0364. The van der Waals surface area contributed by atoms with E-state index in [1.807, 2.05) is 17.0 Å². The first-order chi connectivity index (χ1) is 19.0. The molecule has 1 N–H and O–H groups in total.